The molecule has 6 heteroatoms. The summed E-state index contributed by atoms with van der Waals surface area (Å²) in [7, 11) is 2.06. The Labute approximate surface area is 137 Å². The highest BCUT2D eigenvalue weighted by molar-refractivity contribution is 6.02. The average molecular weight is 316 g/mol. The van der Waals surface area contributed by atoms with Crippen LogP contribution in [0.4, 0.5) is 0 Å². The summed E-state index contributed by atoms with van der Waals surface area (Å²) in [5.74, 6) is 3.32. The van der Waals surface area contributed by atoms with Crippen molar-refractivity contribution < 1.29 is 9.47 Å². The quantitative estimate of drug-likeness (QED) is 0.923. The second kappa shape index (κ2) is 6.48. The van der Waals surface area contributed by atoms with Crippen molar-refractivity contribution in [1.29, 1.82) is 0 Å². The highest BCUT2D eigenvalue weighted by Gasteiger charge is 2.19. The van der Waals surface area contributed by atoms with E-state index in [0.717, 1.165) is 30.3 Å². The van der Waals surface area contributed by atoms with Gasteiger partial charge in [0, 0.05) is 13.6 Å². The van der Waals surface area contributed by atoms with E-state index in [1.165, 1.54) is 5.56 Å². The van der Waals surface area contributed by atoms with Crippen molar-refractivity contribution in [3.05, 3.63) is 23.8 Å². The molecule has 0 aromatic heterocycles. The molecule has 23 heavy (non-hydrogen) atoms. The van der Waals surface area contributed by atoms with Gasteiger partial charge in [-0.25, -0.2) is 0 Å². The fraction of sp³-hybridized carbons (Fsp3) is 0.529. The lowest BCUT2D eigenvalue weighted by Gasteiger charge is -2.22. The predicted octanol–water partition coefficient (Wildman–Crippen LogP) is 1.83. The summed E-state index contributed by atoms with van der Waals surface area (Å²) < 4.78 is 10.8. The van der Waals surface area contributed by atoms with Crippen LogP contribution in [-0.2, 0) is 6.42 Å². The van der Waals surface area contributed by atoms with Crippen molar-refractivity contribution in [2.45, 2.75) is 38.8 Å². The molecule has 1 aromatic carbocycles. The second-order valence-corrected chi connectivity index (χ2v) is 6.18. The van der Waals surface area contributed by atoms with Crippen molar-refractivity contribution in [3.8, 4) is 11.5 Å². The first-order chi connectivity index (χ1) is 11.0. The molecular weight excluding hydrogens is 292 g/mol. The first-order valence-electron chi connectivity index (χ1n) is 8.01. The standard InChI is InChI=1S/C17H24N4O2/c1-11-12(2)20-17(9-16(18)19-11)21(3)7-6-13-4-5-14-15(8-13)23-10-22-14/h4-5,8,11-12H,6-7,9-10H2,1-3H3,(H2,18,19). The third-order valence-electron chi connectivity index (χ3n) is 4.37. The molecule has 0 aliphatic carbocycles. The molecule has 2 atom stereocenters. The largest absolute Gasteiger partial charge is 0.454 e. The number of amidine groups is 2. The lowest BCUT2D eigenvalue weighted by atomic mass is 10.1. The highest BCUT2D eigenvalue weighted by atomic mass is 16.7. The minimum atomic E-state index is 0.134. The summed E-state index contributed by atoms with van der Waals surface area (Å²) in [5, 5.41) is 0. The number of nitrogens with zero attached hydrogens (tertiary/aromatic N) is 3. The van der Waals surface area contributed by atoms with E-state index in [9.17, 15) is 0 Å². The molecular formula is C17H24N4O2. The molecule has 2 aliphatic rings. The van der Waals surface area contributed by atoms with E-state index in [-0.39, 0.29) is 12.1 Å². The van der Waals surface area contributed by atoms with Crippen LogP contribution < -0.4 is 15.2 Å². The Morgan fingerprint density at radius 1 is 1.17 bits per heavy atom. The number of rotatable bonds is 3. The van der Waals surface area contributed by atoms with Crippen LogP contribution in [-0.4, -0.2) is 49.0 Å². The zero-order valence-corrected chi connectivity index (χ0v) is 14.0. The van der Waals surface area contributed by atoms with Gasteiger partial charge in [-0.05, 0) is 38.0 Å². The van der Waals surface area contributed by atoms with E-state index in [4.69, 9.17) is 20.2 Å². The first kappa shape index (κ1) is 15.6. The van der Waals surface area contributed by atoms with E-state index < -0.39 is 0 Å². The van der Waals surface area contributed by atoms with E-state index in [1.54, 1.807) is 0 Å². The summed E-state index contributed by atoms with van der Waals surface area (Å²) in [5.41, 5.74) is 7.22. The summed E-state index contributed by atoms with van der Waals surface area (Å²) in [6.45, 7) is 5.31. The molecule has 2 N–H and O–H groups in total. The van der Waals surface area contributed by atoms with Gasteiger partial charge in [-0.3, -0.25) is 9.98 Å². The van der Waals surface area contributed by atoms with E-state index in [2.05, 4.69) is 36.9 Å². The molecule has 0 spiro atoms. The number of hydrogen-bond donors (Lipinski definition) is 1. The maximum Gasteiger partial charge on any atom is 0.231 e. The Kier molecular flexibility index (Phi) is 4.41. The van der Waals surface area contributed by atoms with E-state index in [0.29, 0.717) is 19.0 Å². The fourth-order valence-corrected chi connectivity index (χ4v) is 2.72. The van der Waals surface area contributed by atoms with Crippen LogP contribution in [0.1, 0.15) is 25.8 Å². The predicted molar refractivity (Wildman–Crippen MR) is 91.5 cm³/mol. The third kappa shape index (κ3) is 3.57. The van der Waals surface area contributed by atoms with Crippen LogP contribution in [0.2, 0.25) is 0 Å². The summed E-state index contributed by atoms with van der Waals surface area (Å²) in [4.78, 5) is 11.4. The Balaban J connectivity index is 1.64. The summed E-state index contributed by atoms with van der Waals surface area (Å²) >= 11 is 0. The molecule has 0 amide bonds. The SMILES string of the molecule is CC1N=C(N)CC(N(C)CCc2ccc3c(c2)OCO3)=NC1C. The van der Waals surface area contributed by atoms with Crippen molar-refractivity contribution in [2.75, 3.05) is 20.4 Å². The van der Waals surface area contributed by atoms with Gasteiger partial charge in [0.1, 0.15) is 11.7 Å². The normalized spacial score (nSPS) is 23.1. The molecule has 0 bridgehead atoms. The number of hydrogen-bond acceptors (Lipinski definition) is 6. The van der Waals surface area contributed by atoms with Crippen molar-refractivity contribution in [3.63, 3.8) is 0 Å². The van der Waals surface area contributed by atoms with E-state index >= 15 is 0 Å². The topological polar surface area (TPSA) is 72.4 Å². The van der Waals surface area contributed by atoms with Gasteiger partial charge < -0.3 is 20.1 Å². The summed E-state index contributed by atoms with van der Waals surface area (Å²) in [6, 6.07) is 6.38. The number of nitrogens with two attached hydrogens (primary N) is 1. The molecule has 0 saturated carbocycles. The monoisotopic (exact) mass is 316 g/mol. The first-order valence-corrected chi connectivity index (χ1v) is 8.01. The smallest absolute Gasteiger partial charge is 0.231 e. The molecule has 0 saturated heterocycles. The van der Waals surface area contributed by atoms with Gasteiger partial charge in [-0.2, -0.15) is 0 Å². The van der Waals surface area contributed by atoms with Crippen molar-refractivity contribution in [1.82, 2.24) is 4.90 Å². The van der Waals surface area contributed by atoms with Crippen LogP contribution in [0.3, 0.4) is 0 Å². The van der Waals surface area contributed by atoms with Crippen molar-refractivity contribution >= 4 is 11.7 Å². The van der Waals surface area contributed by atoms with Crippen molar-refractivity contribution in [2.24, 2.45) is 15.7 Å². The lowest BCUT2D eigenvalue weighted by molar-refractivity contribution is 0.174. The van der Waals surface area contributed by atoms with Gasteiger partial charge >= 0.3 is 0 Å². The Morgan fingerprint density at radius 2 is 1.91 bits per heavy atom. The summed E-state index contributed by atoms with van der Waals surface area (Å²) in [6.07, 6.45) is 1.53. The molecule has 1 aromatic rings. The number of benzene rings is 1. The molecule has 2 aliphatic heterocycles. The zero-order valence-electron chi connectivity index (χ0n) is 14.0. The molecule has 3 rings (SSSR count). The maximum absolute atomic E-state index is 6.00. The Hall–Kier alpha value is -2.24. The van der Waals surface area contributed by atoms with Gasteiger partial charge in [0.15, 0.2) is 11.5 Å². The van der Waals surface area contributed by atoms with Gasteiger partial charge in [0.25, 0.3) is 0 Å². The number of ether oxygens (including phenoxy) is 2. The maximum atomic E-state index is 6.00. The fourth-order valence-electron chi connectivity index (χ4n) is 2.72. The molecule has 2 heterocycles. The number of fused-ring (bicyclic) bond motifs is 1. The van der Waals surface area contributed by atoms with Gasteiger partial charge in [0.05, 0.1) is 18.5 Å². The molecule has 124 valence electrons. The van der Waals surface area contributed by atoms with E-state index in [1.807, 2.05) is 12.1 Å². The number of likely N-dealkylation sites (N-methyl/N-ethyl adjacent to an activating group) is 1. The van der Waals surface area contributed by atoms with Crippen LogP contribution in [0.25, 0.3) is 0 Å². The van der Waals surface area contributed by atoms with Gasteiger partial charge in [-0.1, -0.05) is 6.07 Å². The van der Waals surface area contributed by atoms with Crippen LogP contribution >= 0.6 is 0 Å². The minimum Gasteiger partial charge on any atom is -0.454 e. The molecule has 2 unspecified atom stereocenters. The van der Waals surface area contributed by atoms with Gasteiger partial charge in [-0.15, -0.1) is 0 Å². The third-order valence-corrected chi connectivity index (χ3v) is 4.37. The molecule has 6 nitrogen and oxygen atoms in total. The highest BCUT2D eigenvalue weighted by Crippen LogP contribution is 2.32. The van der Waals surface area contributed by atoms with Crippen LogP contribution in [0.15, 0.2) is 28.2 Å². The molecule has 0 radical (unpaired) electrons. The lowest BCUT2D eigenvalue weighted by Crippen LogP contribution is -2.32. The van der Waals surface area contributed by atoms with Crippen LogP contribution in [0.5, 0.6) is 11.5 Å². The Morgan fingerprint density at radius 3 is 2.74 bits per heavy atom. The minimum absolute atomic E-state index is 0.134. The second-order valence-electron chi connectivity index (χ2n) is 6.18. The zero-order chi connectivity index (χ0) is 16.4. The Bertz CT molecular complexity index is 641. The van der Waals surface area contributed by atoms with Gasteiger partial charge in [0.2, 0.25) is 6.79 Å². The number of aliphatic imine (C=N–C) groups is 2. The van der Waals surface area contributed by atoms with Crippen LogP contribution in [0, 0.1) is 0 Å². The average Bonchev–Trinajstić information content (AvgIpc) is 2.94. The molecule has 0 fully saturated rings.